The Hall–Kier alpha value is -1.40. The van der Waals surface area contributed by atoms with Gasteiger partial charge >= 0.3 is 5.97 Å². The zero-order chi connectivity index (χ0) is 13.2. The fourth-order valence-electron chi connectivity index (χ4n) is 1.88. The zero-order valence-electron chi connectivity index (χ0n) is 10.1. The van der Waals surface area contributed by atoms with E-state index in [-0.39, 0.29) is 11.2 Å². The molecule has 1 aromatic rings. The van der Waals surface area contributed by atoms with Crippen molar-refractivity contribution < 1.29 is 14.6 Å². The summed E-state index contributed by atoms with van der Waals surface area (Å²) in [6, 6.07) is 5.42. The van der Waals surface area contributed by atoms with Crippen molar-refractivity contribution >= 4 is 23.4 Å². The number of methoxy groups -OCH3 is 1. The molecule has 6 heteroatoms. The Kier molecular flexibility index (Phi) is 3.68. The number of nitrogens with one attached hydrogen (secondary N) is 1. The fraction of sp³-hybridized carbons (Fsp3) is 0.417. The van der Waals surface area contributed by atoms with Crippen LogP contribution in [0.2, 0.25) is 0 Å². The summed E-state index contributed by atoms with van der Waals surface area (Å²) >= 11 is 1.51. The Bertz CT molecular complexity index is 461. The van der Waals surface area contributed by atoms with Gasteiger partial charge in [0, 0.05) is 23.7 Å². The molecule has 0 bridgehead atoms. The second kappa shape index (κ2) is 5.07. The summed E-state index contributed by atoms with van der Waals surface area (Å²) in [7, 11) is 1.60. The summed E-state index contributed by atoms with van der Waals surface area (Å²) < 4.78 is 4.86. The molecule has 2 rings (SSSR count). The quantitative estimate of drug-likeness (QED) is 0.696. The molecule has 0 aromatic heterocycles. The molecule has 1 aliphatic heterocycles. The van der Waals surface area contributed by atoms with Crippen LogP contribution in [0.3, 0.4) is 0 Å². The molecule has 0 amide bonds. The Labute approximate surface area is 110 Å². The van der Waals surface area contributed by atoms with E-state index >= 15 is 0 Å². The maximum atomic E-state index is 10.9. The van der Waals surface area contributed by atoms with Gasteiger partial charge in [0.05, 0.1) is 18.3 Å². The molecule has 1 heterocycles. The van der Waals surface area contributed by atoms with E-state index < -0.39 is 5.97 Å². The van der Waals surface area contributed by atoms with Crippen LogP contribution in [0.5, 0.6) is 5.75 Å². The third-order valence-electron chi connectivity index (χ3n) is 2.91. The number of aliphatic carboxylic acids is 1. The van der Waals surface area contributed by atoms with E-state index in [0.717, 1.165) is 10.6 Å². The number of nitrogen functional groups attached to an aromatic ring is 1. The molecule has 1 aromatic carbocycles. The lowest BCUT2D eigenvalue weighted by molar-refractivity contribution is -0.138. The number of rotatable bonds is 5. The first-order valence-electron chi connectivity index (χ1n) is 5.60. The smallest absolute Gasteiger partial charge is 0.304 e. The van der Waals surface area contributed by atoms with E-state index in [0.29, 0.717) is 18.8 Å². The zero-order valence-corrected chi connectivity index (χ0v) is 10.9. The number of carbonyl (C=O) groups is 1. The van der Waals surface area contributed by atoms with Gasteiger partial charge in [-0.05, 0) is 18.2 Å². The molecule has 18 heavy (non-hydrogen) atoms. The molecule has 5 nitrogen and oxygen atoms in total. The van der Waals surface area contributed by atoms with Gasteiger partial charge in [0.2, 0.25) is 0 Å². The minimum absolute atomic E-state index is 0.126. The van der Waals surface area contributed by atoms with Crippen LogP contribution in [0.4, 0.5) is 5.69 Å². The number of benzene rings is 1. The number of ether oxygens (including phenoxy) is 1. The third kappa shape index (κ3) is 2.70. The molecule has 0 spiro atoms. The highest BCUT2D eigenvalue weighted by atomic mass is 32.2. The molecule has 0 aliphatic carbocycles. The summed E-state index contributed by atoms with van der Waals surface area (Å²) in [5, 5.41) is 12.1. The van der Waals surface area contributed by atoms with Crippen LogP contribution in [-0.2, 0) is 4.79 Å². The Morgan fingerprint density at radius 2 is 2.33 bits per heavy atom. The van der Waals surface area contributed by atoms with Crippen molar-refractivity contribution in [2.75, 3.05) is 25.9 Å². The minimum atomic E-state index is -0.787. The summed E-state index contributed by atoms with van der Waals surface area (Å²) in [6.07, 6.45) is 0.126. The number of carboxylic acids is 1. The molecule has 1 saturated heterocycles. The van der Waals surface area contributed by atoms with Crippen LogP contribution >= 0.6 is 11.8 Å². The highest BCUT2D eigenvalue weighted by molar-refractivity contribution is 8.01. The Morgan fingerprint density at radius 3 is 2.83 bits per heavy atom. The SMILES string of the molecule is COc1ccc(N)c(SC2(CC(=O)O)CNC2)c1. The van der Waals surface area contributed by atoms with Crippen molar-refractivity contribution in [3.8, 4) is 5.75 Å². The van der Waals surface area contributed by atoms with E-state index in [4.69, 9.17) is 15.6 Å². The van der Waals surface area contributed by atoms with Crippen LogP contribution in [0.15, 0.2) is 23.1 Å². The molecule has 98 valence electrons. The van der Waals surface area contributed by atoms with E-state index in [1.54, 1.807) is 19.2 Å². The van der Waals surface area contributed by atoms with Crippen molar-refractivity contribution in [2.24, 2.45) is 0 Å². The lowest BCUT2D eigenvalue weighted by Crippen LogP contribution is -2.57. The minimum Gasteiger partial charge on any atom is -0.497 e. The second-order valence-electron chi connectivity index (χ2n) is 4.36. The summed E-state index contributed by atoms with van der Waals surface area (Å²) in [5.41, 5.74) is 6.57. The van der Waals surface area contributed by atoms with Gasteiger partial charge in [-0.2, -0.15) is 0 Å². The Morgan fingerprint density at radius 1 is 1.61 bits per heavy atom. The van der Waals surface area contributed by atoms with Gasteiger partial charge in [-0.3, -0.25) is 4.79 Å². The van der Waals surface area contributed by atoms with Gasteiger partial charge in [0.25, 0.3) is 0 Å². The largest absolute Gasteiger partial charge is 0.497 e. The van der Waals surface area contributed by atoms with Gasteiger partial charge in [0.15, 0.2) is 0 Å². The van der Waals surface area contributed by atoms with Crippen molar-refractivity contribution in [1.29, 1.82) is 0 Å². The van der Waals surface area contributed by atoms with Gasteiger partial charge < -0.3 is 20.9 Å². The van der Waals surface area contributed by atoms with Gasteiger partial charge in [-0.1, -0.05) is 0 Å². The average molecular weight is 268 g/mol. The first-order chi connectivity index (χ1) is 8.54. The van der Waals surface area contributed by atoms with Crippen LogP contribution in [0, 0.1) is 0 Å². The number of hydrogen-bond donors (Lipinski definition) is 3. The topological polar surface area (TPSA) is 84.6 Å². The van der Waals surface area contributed by atoms with Crippen LogP contribution < -0.4 is 15.8 Å². The van der Waals surface area contributed by atoms with Crippen molar-refractivity contribution in [3.05, 3.63) is 18.2 Å². The van der Waals surface area contributed by atoms with Crippen molar-refractivity contribution in [1.82, 2.24) is 5.32 Å². The van der Waals surface area contributed by atoms with E-state index in [1.165, 1.54) is 11.8 Å². The lowest BCUT2D eigenvalue weighted by Gasteiger charge is -2.41. The summed E-state index contributed by atoms with van der Waals surface area (Å²) in [4.78, 5) is 11.8. The average Bonchev–Trinajstić information content (AvgIpc) is 2.28. The molecule has 0 unspecified atom stereocenters. The maximum Gasteiger partial charge on any atom is 0.304 e. The molecular weight excluding hydrogens is 252 g/mol. The van der Waals surface area contributed by atoms with Gasteiger partial charge in [-0.25, -0.2) is 0 Å². The van der Waals surface area contributed by atoms with Crippen molar-refractivity contribution in [3.63, 3.8) is 0 Å². The summed E-state index contributed by atoms with van der Waals surface area (Å²) in [6.45, 7) is 1.36. The second-order valence-corrected chi connectivity index (χ2v) is 5.87. The fourth-order valence-corrected chi connectivity index (χ4v) is 3.25. The molecular formula is C12H16N2O3S. The van der Waals surface area contributed by atoms with E-state index in [9.17, 15) is 4.79 Å². The predicted octanol–water partition coefficient (Wildman–Crippen LogP) is 1.19. The van der Waals surface area contributed by atoms with Crippen LogP contribution in [-0.4, -0.2) is 36.0 Å². The van der Waals surface area contributed by atoms with Crippen LogP contribution in [0.25, 0.3) is 0 Å². The van der Waals surface area contributed by atoms with Crippen molar-refractivity contribution in [2.45, 2.75) is 16.1 Å². The standard InChI is InChI=1S/C12H16N2O3S/c1-17-8-2-3-9(13)10(4-8)18-12(5-11(15)16)6-14-7-12/h2-4,14H,5-7,13H2,1H3,(H,15,16). The van der Waals surface area contributed by atoms with Gasteiger partial charge in [0.1, 0.15) is 5.75 Å². The first kappa shape index (κ1) is 13.0. The van der Waals surface area contributed by atoms with Gasteiger partial charge in [-0.15, -0.1) is 11.8 Å². The lowest BCUT2D eigenvalue weighted by atomic mass is 9.98. The highest BCUT2D eigenvalue weighted by Crippen LogP contribution is 2.42. The molecule has 0 atom stereocenters. The molecule has 4 N–H and O–H groups in total. The van der Waals surface area contributed by atoms with E-state index in [2.05, 4.69) is 5.32 Å². The number of anilines is 1. The molecule has 0 saturated carbocycles. The predicted molar refractivity (Wildman–Crippen MR) is 71.1 cm³/mol. The molecule has 1 fully saturated rings. The number of nitrogens with two attached hydrogens (primary N) is 1. The monoisotopic (exact) mass is 268 g/mol. The molecule has 1 aliphatic rings. The third-order valence-corrected chi connectivity index (χ3v) is 4.35. The normalized spacial score (nSPS) is 16.9. The first-order valence-corrected chi connectivity index (χ1v) is 6.41. The highest BCUT2D eigenvalue weighted by Gasteiger charge is 2.40. The Balaban J connectivity index is 2.19. The number of hydrogen-bond acceptors (Lipinski definition) is 5. The maximum absolute atomic E-state index is 10.9. The number of carboxylic acid groups (broad SMARTS) is 1. The van der Waals surface area contributed by atoms with Crippen LogP contribution in [0.1, 0.15) is 6.42 Å². The molecule has 0 radical (unpaired) electrons. The van der Waals surface area contributed by atoms with E-state index in [1.807, 2.05) is 6.07 Å². The summed E-state index contributed by atoms with van der Waals surface area (Å²) in [5.74, 6) is -0.0603. The number of thioether (sulfide) groups is 1.